The van der Waals surface area contributed by atoms with Crippen LogP contribution < -0.4 is 15.6 Å². The number of aryl methyl sites for hydroxylation is 1. The number of rotatable bonds is 5. The lowest BCUT2D eigenvalue weighted by Crippen LogP contribution is -2.38. The minimum atomic E-state index is -3.40. The van der Waals surface area contributed by atoms with E-state index in [2.05, 4.69) is 15.0 Å². The Bertz CT molecular complexity index is 1080. The molecule has 1 unspecified atom stereocenters. The molecule has 3 rings (SSSR count). The number of nitrogens with zero attached hydrogens (tertiary/aromatic N) is 2. The largest absolute Gasteiger partial charge is 0.326 e. The third kappa shape index (κ3) is 4.56. The standard InChI is InChI=1S/C18H22N4O4S2/c1-4-15-11(2)19-18-22(17(15)24)9-12(10-27-18)16(23)20-13-6-5-7-14(8-13)21-28(3,25)26/h5-8,12,21H,4,9-10H2,1-3H3,(H,20,23). The van der Waals surface area contributed by atoms with Crippen molar-refractivity contribution in [2.45, 2.75) is 32.0 Å². The molecule has 2 N–H and O–H groups in total. The molecule has 8 nitrogen and oxygen atoms in total. The van der Waals surface area contributed by atoms with E-state index in [0.717, 1.165) is 11.9 Å². The van der Waals surface area contributed by atoms with Crippen LogP contribution in [0.3, 0.4) is 0 Å². The molecule has 1 aliphatic rings. The quantitative estimate of drug-likeness (QED) is 0.712. The van der Waals surface area contributed by atoms with Gasteiger partial charge in [-0.1, -0.05) is 24.8 Å². The molecule has 1 aromatic carbocycles. The monoisotopic (exact) mass is 422 g/mol. The molecule has 1 aliphatic heterocycles. The predicted molar refractivity (Wildman–Crippen MR) is 110 cm³/mol. The summed E-state index contributed by atoms with van der Waals surface area (Å²) in [6.45, 7) is 4.02. The first-order valence-electron chi connectivity index (χ1n) is 8.79. The molecule has 1 atom stereocenters. The lowest BCUT2D eigenvalue weighted by molar-refractivity contribution is -0.119. The van der Waals surface area contributed by atoms with E-state index in [1.807, 2.05) is 13.8 Å². The maximum absolute atomic E-state index is 12.7. The van der Waals surface area contributed by atoms with Crippen LogP contribution in [0.4, 0.5) is 11.4 Å². The molecule has 2 heterocycles. The fraction of sp³-hybridized carbons (Fsp3) is 0.389. The summed E-state index contributed by atoms with van der Waals surface area (Å²) >= 11 is 1.39. The number of nitrogens with one attached hydrogen (secondary N) is 2. The Balaban J connectivity index is 1.77. The summed E-state index contributed by atoms with van der Waals surface area (Å²) in [6.07, 6.45) is 1.66. The van der Waals surface area contributed by atoms with Gasteiger partial charge in [-0.2, -0.15) is 0 Å². The summed E-state index contributed by atoms with van der Waals surface area (Å²) in [6, 6.07) is 6.48. The number of sulfonamides is 1. The number of anilines is 2. The van der Waals surface area contributed by atoms with Gasteiger partial charge in [0.15, 0.2) is 5.16 Å². The van der Waals surface area contributed by atoms with Gasteiger partial charge in [-0.15, -0.1) is 0 Å². The highest BCUT2D eigenvalue weighted by atomic mass is 32.2. The van der Waals surface area contributed by atoms with Gasteiger partial charge >= 0.3 is 0 Å². The number of hydrogen-bond acceptors (Lipinski definition) is 6. The average Bonchev–Trinajstić information content (AvgIpc) is 2.60. The second-order valence-corrected chi connectivity index (χ2v) is 9.42. The predicted octanol–water partition coefficient (Wildman–Crippen LogP) is 1.85. The van der Waals surface area contributed by atoms with Crippen LogP contribution in [0.1, 0.15) is 18.2 Å². The van der Waals surface area contributed by atoms with E-state index in [1.165, 1.54) is 11.8 Å². The maximum atomic E-state index is 12.7. The molecule has 1 amide bonds. The van der Waals surface area contributed by atoms with Crippen molar-refractivity contribution in [3.63, 3.8) is 0 Å². The third-order valence-corrected chi connectivity index (χ3v) is 6.15. The molecule has 0 saturated carbocycles. The summed E-state index contributed by atoms with van der Waals surface area (Å²) in [7, 11) is -3.40. The van der Waals surface area contributed by atoms with Crippen molar-refractivity contribution >= 4 is 39.1 Å². The van der Waals surface area contributed by atoms with Gasteiger partial charge in [0.1, 0.15) is 0 Å². The van der Waals surface area contributed by atoms with E-state index in [9.17, 15) is 18.0 Å². The Hall–Kier alpha value is -2.33. The zero-order valence-corrected chi connectivity index (χ0v) is 17.5. The maximum Gasteiger partial charge on any atom is 0.257 e. The smallest absolute Gasteiger partial charge is 0.257 e. The lowest BCUT2D eigenvalue weighted by atomic mass is 10.1. The van der Waals surface area contributed by atoms with Crippen LogP contribution in [0.5, 0.6) is 0 Å². The number of fused-ring (bicyclic) bond motifs is 1. The van der Waals surface area contributed by atoms with Crippen LogP contribution in [0, 0.1) is 12.8 Å². The van der Waals surface area contributed by atoms with Crippen molar-refractivity contribution < 1.29 is 13.2 Å². The minimum absolute atomic E-state index is 0.0886. The van der Waals surface area contributed by atoms with Crippen LogP contribution >= 0.6 is 11.8 Å². The summed E-state index contributed by atoms with van der Waals surface area (Å²) in [5.41, 5.74) is 2.17. The molecular formula is C18H22N4O4S2. The van der Waals surface area contributed by atoms with Gasteiger partial charge in [0, 0.05) is 29.2 Å². The normalized spacial score (nSPS) is 16.3. The van der Waals surface area contributed by atoms with Crippen LogP contribution in [0.15, 0.2) is 34.2 Å². The van der Waals surface area contributed by atoms with Crippen LogP contribution in [0.25, 0.3) is 0 Å². The first-order valence-corrected chi connectivity index (χ1v) is 11.7. The van der Waals surface area contributed by atoms with Gasteiger partial charge in [0.25, 0.3) is 5.56 Å². The van der Waals surface area contributed by atoms with E-state index < -0.39 is 15.9 Å². The van der Waals surface area contributed by atoms with E-state index in [-0.39, 0.29) is 18.0 Å². The SMILES string of the molecule is CCc1c(C)nc2n(c1=O)CC(C(=O)Nc1cccc(NS(C)(=O)=O)c1)CS2. The fourth-order valence-corrected chi connectivity index (χ4v) is 4.76. The average molecular weight is 423 g/mol. The van der Waals surface area contributed by atoms with Crippen LogP contribution in [-0.2, 0) is 27.8 Å². The number of amides is 1. The first-order chi connectivity index (χ1) is 13.2. The number of carbonyl (C=O) groups excluding carboxylic acids is 1. The lowest BCUT2D eigenvalue weighted by Gasteiger charge is -2.25. The van der Waals surface area contributed by atoms with E-state index in [1.54, 1.807) is 28.8 Å². The molecule has 28 heavy (non-hydrogen) atoms. The highest BCUT2D eigenvalue weighted by Crippen LogP contribution is 2.27. The number of hydrogen-bond donors (Lipinski definition) is 2. The summed E-state index contributed by atoms with van der Waals surface area (Å²) in [5.74, 6) is -0.0964. The van der Waals surface area contributed by atoms with Gasteiger partial charge in [-0.05, 0) is 31.5 Å². The molecule has 0 aliphatic carbocycles. The zero-order valence-electron chi connectivity index (χ0n) is 15.9. The molecule has 2 aromatic rings. The van der Waals surface area contributed by atoms with Crippen molar-refractivity contribution in [1.82, 2.24) is 9.55 Å². The molecule has 10 heteroatoms. The Morgan fingerprint density at radius 2 is 2.07 bits per heavy atom. The van der Waals surface area contributed by atoms with Crippen LogP contribution in [-0.4, -0.2) is 35.9 Å². The van der Waals surface area contributed by atoms with Gasteiger partial charge in [0.2, 0.25) is 15.9 Å². The van der Waals surface area contributed by atoms with Gasteiger partial charge in [0.05, 0.1) is 17.9 Å². The van der Waals surface area contributed by atoms with Crippen molar-refractivity contribution in [3.8, 4) is 0 Å². The van der Waals surface area contributed by atoms with Crippen molar-refractivity contribution in [2.24, 2.45) is 5.92 Å². The highest BCUT2D eigenvalue weighted by molar-refractivity contribution is 7.99. The fourth-order valence-electron chi connectivity index (χ4n) is 3.08. The number of thioether (sulfide) groups is 1. The Morgan fingerprint density at radius 3 is 2.75 bits per heavy atom. The highest BCUT2D eigenvalue weighted by Gasteiger charge is 2.28. The van der Waals surface area contributed by atoms with E-state index >= 15 is 0 Å². The van der Waals surface area contributed by atoms with E-state index in [4.69, 9.17) is 0 Å². The molecular weight excluding hydrogens is 400 g/mol. The molecule has 0 bridgehead atoms. The zero-order chi connectivity index (χ0) is 20.5. The molecule has 1 aromatic heterocycles. The number of benzene rings is 1. The van der Waals surface area contributed by atoms with Crippen molar-refractivity contribution in [3.05, 3.63) is 45.9 Å². The third-order valence-electron chi connectivity index (χ3n) is 4.41. The minimum Gasteiger partial charge on any atom is -0.326 e. The summed E-state index contributed by atoms with van der Waals surface area (Å²) in [4.78, 5) is 29.9. The van der Waals surface area contributed by atoms with Gasteiger partial charge < -0.3 is 5.32 Å². The van der Waals surface area contributed by atoms with Crippen molar-refractivity contribution in [1.29, 1.82) is 0 Å². The van der Waals surface area contributed by atoms with Gasteiger partial charge in [-0.25, -0.2) is 13.4 Å². The second-order valence-electron chi connectivity index (χ2n) is 6.68. The topological polar surface area (TPSA) is 110 Å². The number of aromatic nitrogens is 2. The summed E-state index contributed by atoms with van der Waals surface area (Å²) in [5, 5.41) is 3.45. The first kappa shape index (κ1) is 20.4. The second kappa shape index (κ2) is 7.96. The Kier molecular flexibility index (Phi) is 5.80. The number of carbonyl (C=O) groups is 1. The van der Waals surface area contributed by atoms with Crippen LogP contribution in [0.2, 0.25) is 0 Å². The molecule has 0 saturated heterocycles. The molecule has 0 radical (unpaired) electrons. The van der Waals surface area contributed by atoms with Gasteiger partial charge in [-0.3, -0.25) is 18.9 Å². The Morgan fingerprint density at radius 1 is 1.36 bits per heavy atom. The summed E-state index contributed by atoms with van der Waals surface area (Å²) < 4.78 is 26.7. The molecule has 0 fully saturated rings. The van der Waals surface area contributed by atoms with E-state index in [0.29, 0.717) is 34.3 Å². The Labute approximate surface area is 167 Å². The molecule has 0 spiro atoms. The molecule has 150 valence electrons. The van der Waals surface area contributed by atoms with Crippen molar-refractivity contribution in [2.75, 3.05) is 22.0 Å².